The number of amides is 1. The van der Waals surface area contributed by atoms with Crippen LogP contribution in [0.3, 0.4) is 0 Å². The molecule has 2 fully saturated rings. The Morgan fingerprint density at radius 2 is 1.95 bits per heavy atom. The van der Waals surface area contributed by atoms with Crippen LogP contribution in [0.15, 0.2) is 30.3 Å². The van der Waals surface area contributed by atoms with Crippen molar-refractivity contribution in [1.82, 2.24) is 10.6 Å². The molecule has 1 aromatic carbocycles. The van der Waals surface area contributed by atoms with Crippen LogP contribution < -0.4 is 10.6 Å². The molecule has 3 rings (SSSR count). The van der Waals surface area contributed by atoms with Crippen LogP contribution in [0.5, 0.6) is 0 Å². The molecule has 0 radical (unpaired) electrons. The third-order valence-corrected chi connectivity index (χ3v) is 4.59. The van der Waals surface area contributed by atoms with Gasteiger partial charge in [-0.2, -0.15) is 0 Å². The average Bonchev–Trinajstić information content (AvgIpc) is 3.18. The minimum Gasteiger partial charge on any atom is -0.389 e. The Labute approximate surface area is 131 Å². The highest BCUT2D eigenvalue weighted by atomic mass is 16.5. The van der Waals surface area contributed by atoms with E-state index in [0.717, 1.165) is 0 Å². The number of aliphatic hydroxyl groups excluding tert-OH is 1. The normalized spacial score (nSPS) is 28.9. The molecule has 1 amide bonds. The van der Waals surface area contributed by atoms with E-state index in [2.05, 4.69) is 10.6 Å². The molecule has 0 aromatic heterocycles. The number of nitrogens with one attached hydrogen (secondary N) is 2. The zero-order chi connectivity index (χ0) is 15.4. The molecule has 2 aliphatic rings. The number of hydrogen-bond donors (Lipinski definition) is 3. The predicted octanol–water partition coefficient (Wildman–Crippen LogP) is 1.08. The van der Waals surface area contributed by atoms with E-state index in [1.807, 2.05) is 18.2 Å². The molecule has 0 bridgehead atoms. The Morgan fingerprint density at radius 3 is 2.68 bits per heavy atom. The van der Waals surface area contributed by atoms with Crippen molar-refractivity contribution in [2.24, 2.45) is 0 Å². The summed E-state index contributed by atoms with van der Waals surface area (Å²) in [5, 5.41) is 16.7. The van der Waals surface area contributed by atoms with Gasteiger partial charge in [0.2, 0.25) is 0 Å². The summed E-state index contributed by atoms with van der Waals surface area (Å²) in [6.45, 7) is 0.835. The fraction of sp³-hybridized carbons (Fsp3) is 0.588. The van der Waals surface area contributed by atoms with Crippen LogP contribution in [0.4, 0.5) is 0 Å². The van der Waals surface area contributed by atoms with Crippen molar-refractivity contribution in [2.45, 2.75) is 50.0 Å². The van der Waals surface area contributed by atoms with Gasteiger partial charge < -0.3 is 20.5 Å². The van der Waals surface area contributed by atoms with E-state index in [9.17, 15) is 9.90 Å². The van der Waals surface area contributed by atoms with Gasteiger partial charge in [0.25, 0.3) is 5.91 Å². The monoisotopic (exact) mass is 304 g/mol. The Kier molecular flexibility index (Phi) is 5.08. The summed E-state index contributed by atoms with van der Waals surface area (Å²) in [7, 11) is 0. The van der Waals surface area contributed by atoms with Gasteiger partial charge in [-0.1, -0.05) is 31.0 Å². The molecule has 1 saturated carbocycles. The highest BCUT2D eigenvalue weighted by Crippen LogP contribution is 2.21. The van der Waals surface area contributed by atoms with E-state index in [0.29, 0.717) is 24.8 Å². The fourth-order valence-corrected chi connectivity index (χ4v) is 3.29. The van der Waals surface area contributed by atoms with Crippen LogP contribution in [0.25, 0.3) is 0 Å². The molecule has 0 spiro atoms. The first-order valence-corrected chi connectivity index (χ1v) is 8.13. The number of aliphatic hydroxyl groups is 1. The standard InChI is InChI=1S/C17H24N2O3/c20-16-14(19-13-8-4-5-9-13)11-22-15(16)10-18-17(21)12-6-2-1-3-7-12/h1-3,6-7,13-16,19-20H,4-5,8-11H2,(H,18,21). The maximum absolute atomic E-state index is 12.0. The average molecular weight is 304 g/mol. The molecule has 1 heterocycles. The van der Waals surface area contributed by atoms with Crippen LogP contribution in [0.1, 0.15) is 36.0 Å². The molecule has 22 heavy (non-hydrogen) atoms. The van der Waals surface area contributed by atoms with Gasteiger partial charge in [-0.15, -0.1) is 0 Å². The Morgan fingerprint density at radius 1 is 1.23 bits per heavy atom. The van der Waals surface area contributed by atoms with E-state index < -0.39 is 6.10 Å². The zero-order valence-electron chi connectivity index (χ0n) is 12.7. The second kappa shape index (κ2) is 7.22. The minimum atomic E-state index is -0.573. The molecule has 5 heteroatoms. The van der Waals surface area contributed by atoms with Crippen molar-refractivity contribution < 1.29 is 14.6 Å². The summed E-state index contributed by atoms with van der Waals surface area (Å²) in [5.41, 5.74) is 0.621. The molecule has 120 valence electrons. The van der Waals surface area contributed by atoms with Crippen molar-refractivity contribution >= 4 is 5.91 Å². The summed E-state index contributed by atoms with van der Waals surface area (Å²) >= 11 is 0. The lowest BCUT2D eigenvalue weighted by atomic mass is 10.1. The molecular formula is C17H24N2O3. The van der Waals surface area contributed by atoms with E-state index in [4.69, 9.17) is 4.74 Å². The van der Waals surface area contributed by atoms with Gasteiger partial charge >= 0.3 is 0 Å². The molecule has 3 unspecified atom stereocenters. The number of hydrogen-bond acceptors (Lipinski definition) is 4. The number of rotatable bonds is 5. The van der Waals surface area contributed by atoms with Gasteiger partial charge in [-0.25, -0.2) is 0 Å². The second-order valence-corrected chi connectivity index (χ2v) is 6.19. The van der Waals surface area contributed by atoms with E-state index in [1.165, 1.54) is 25.7 Å². The second-order valence-electron chi connectivity index (χ2n) is 6.19. The van der Waals surface area contributed by atoms with Crippen molar-refractivity contribution in [3.05, 3.63) is 35.9 Å². The van der Waals surface area contributed by atoms with Crippen molar-refractivity contribution in [2.75, 3.05) is 13.2 Å². The lowest BCUT2D eigenvalue weighted by Gasteiger charge is -2.22. The number of carbonyl (C=O) groups excluding carboxylic acids is 1. The first kappa shape index (κ1) is 15.5. The summed E-state index contributed by atoms with van der Waals surface area (Å²) in [5.74, 6) is -0.136. The van der Waals surface area contributed by atoms with Crippen LogP contribution in [0.2, 0.25) is 0 Å². The van der Waals surface area contributed by atoms with Gasteiger partial charge in [0.15, 0.2) is 0 Å². The molecule has 1 aliphatic carbocycles. The lowest BCUT2D eigenvalue weighted by Crippen LogP contribution is -2.47. The Balaban J connectivity index is 1.46. The zero-order valence-corrected chi connectivity index (χ0v) is 12.7. The predicted molar refractivity (Wildman–Crippen MR) is 83.7 cm³/mol. The van der Waals surface area contributed by atoms with Gasteiger partial charge in [-0.05, 0) is 25.0 Å². The van der Waals surface area contributed by atoms with Gasteiger partial charge in [0.05, 0.1) is 18.8 Å². The molecule has 5 nitrogen and oxygen atoms in total. The van der Waals surface area contributed by atoms with Crippen molar-refractivity contribution in [3.63, 3.8) is 0 Å². The van der Waals surface area contributed by atoms with E-state index in [-0.39, 0.29) is 18.1 Å². The SMILES string of the molecule is O=C(NCC1OCC(NC2CCCC2)C1O)c1ccccc1. The van der Waals surface area contributed by atoms with E-state index >= 15 is 0 Å². The highest BCUT2D eigenvalue weighted by molar-refractivity contribution is 5.94. The van der Waals surface area contributed by atoms with Crippen LogP contribution in [0, 0.1) is 0 Å². The summed E-state index contributed by atoms with van der Waals surface area (Å²) in [6, 6.07) is 9.55. The number of carbonyl (C=O) groups is 1. The van der Waals surface area contributed by atoms with Crippen molar-refractivity contribution in [3.8, 4) is 0 Å². The minimum absolute atomic E-state index is 0.0262. The molecule has 1 saturated heterocycles. The third-order valence-electron chi connectivity index (χ3n) is 4.59. The largest absolute Gasteiger partial charge is 0.389 e. The summed E-state index contributed by atoms with van der Waals surface area (Å²) in [6.07, 6.45) is 3.97. The van der Waals surface area contributed by atoms with Crippen LogP contribution >= 0.6 is 0 Å². The first-order valence-electron chi connectivity index (χ1n) is 8.13. The Hall–Kier alpha value is -1.43. The molecular weight excluding hydrogens is 280 g/mol. The molecule has 1 aromatic rings. The van der Waals surface area contributed by atoms with E-state index in [1.54, 1.807) is 12.1 Å². The smallest absolute Gasteiger partial charge is 0.251 e. The first-order chi connectivity index (χ1) is 10.7. The summed E-state index contributed by atoms with van der Waals surface area (Å²) < 4.78 is 5.65. The molecule has 3 N–H and O–H groups in total. The maximum atomic E-state index is 12.0. The number of ether oxygens (including phenoxy) is 1. The van der Waals surface area contributed by atoms with Gasteiger partial charge in [-0.3, -0.25) is 4.79 Å². The maximum Gasteiger partial charge on any atom is 0.251 e. The van der Waals surface area contributed by atoms with Crippen LogP contribution in [-0.4, -0.2) is 48.5 Å². The Bertz CT molecular complexity index is 488. The van der Waals surface area contributed by atoms with Gasteiger partial charge in [0, 0.05) is 18.2 Å². The molecule has 3 atom stereocenters. The quantitative estimate of drug-likeness (QED) is 0.761. The third kappa shape index (κ3) is 3.66. The van der Waals surface area contributed by atoms with Crippen LogP contribution in [-0.2, 0) is 4.74 Å². The lowest BCUT2D eigenvalue weighted by molar-refractivity contribution is 0.0396. The van der Waals surface area contributed by atoms with Gasteiger partial charge in [0.1, 0.15) is 6.10 Å². The highest BCUT2D eigenvalue weighted by Gasteiger charge is 2.37. The molecule has 1 aliphatic heterocycles. The fourth-order valence-electron chi connectivity index (χ4n) is 3.29. The van der Waals surface area contributed by atoms with Crippen molar-refractivity contribution in [1.29, 1.82) is 0 Å². The topological polar surface area (TPSA) is 70.6 Å². The summed E-state index contributed by atoms with van der Waals surface area (Å²) in [4.78, 5) is 12.0. The number of benzene rings is 1.